The van der Waals surface area contributed by atoms with Gasteiger partial charge in [-0.05, 0) is 29.8 Å². The summed E-state index contributed by atoms with van der Waals surface area (Å²) >= 11 is 0. The number of guanidine groups is 1. The zero-order valence-electron chi connectivity index (χ0n) is 16.4. The van der Waals surface area contributed by atoms with Crippen LogP contribution >= 0.6 is 0 Å². The van der Waals surface area contributed by atoms with Crippen molar-refractivity contribution < 1.29 is 22.6 Å². The first-order valence-corrected chi connectivity index (χ1v) is 8.80. The monoisotopic (exact) mass is 411 g/mol. The number of aliphatic imine (C=N–C) groups is 1. The smallest absolute Gasteiger partial charge is 0.419 e. The Balaban J connectivity index is 1.83. The average Bonchev–Trinajstić information content (AvgIpc) is 2.72. The van der Waals surface area contributed by atoms with Crippen LogP contribution in [0, 0.1) is 0 Å². The molecule has 0 radical (unpaired) electrons. The van der Waals surface area contributed by atoms with E-state index in [4.69, 9.17) is 9.47 Å². The van der Waals surface area contributed by atoms with Crippen molar-refractivity contribution in [1.82, 2.24) is 15.6 Å². The number of ether oxygens (including phenoxy) is 2. The van der Waals surface area contributed by atoms with Crippen molar-refractivity contribution in [3.63, 3.8) is 0 Å². The molecule has 1 aromatic carbocycles. The number of benzene rings is 1. The van der Waals surface area contributed by atoms with Crippen LogP contribution in [0.1, 0.15) is 11.1 Å². The number of halogens is 3. The van der Waals surface area contributed by atoms with Crippen molar-refractivity contribution in [2.24, 2.45) is 4.99 Å². The number of rotatable bonds is 8. The molecule has 2 rings (SSSR count). The Labute approximate surface area is 167 Å². The molecule has 0 aliphatic heterocycles. The Morgan fingerprint density at radius 2 is 1.83 bits per heavy atom. The fourth-order valence-electron chi connectivity index (χ4n) is 2.53. The maximum Gasteiger partial charge on any atom is 0.419 e. The van der Waals surface area contributed by atoms with Crippen LogP contribution in [0.15, 0.2) is 41.5 Å². The number of aromatic nitrogens is 1. The molecule has 0 spiro atoms. The molecule has 0 saturated carbocycles. The van der Waals surface area contributed by atoms with Crippen LogP contribution < -0.4 is 25.4 Å². The van der Waals surface area contributed by atoms with E-state index in [1.807, 2.05) is 12.1 Å². The molecule has 0 atom stereocenters. The molecular formula is C19H24F3N5O2. The van der Waals surface area contributed by atoms with Crippen LogP contribution in [-0.4, -0.2) is 45.3 Å². The van der Waals surface area contributed by atoms with Crippen molar-refractivity contribution in [2.75, 3.05) is 39.7 Å². The van der Waals surface area contributed by atoms with Gasteiger partial charge in [-0.1, -0.05) is 6.07 Å². The first-order valence-electron chi connectivity index (χ1n) is 8.80. The maximum atomic E-state index is 13.0. The van der Waals surface area contributed by atoms with Gasteiger partial charge in [-0.15, -0.1) is 0 Å². The molecule has 10 heteroatoms. The summed E-state index contributed by atoms with van der Waals surface area (Å²) in [6.07, 6.45) is -3.14. The lowest BCUT2D eigenvalue weighted by Crippen LogP contribution is -2.39. The van der Waals surface area contributed by atoms with E-state index in [0.717, 1.165) is 11.6 Å². The Morgan fingerprint density at radius 3 is 2.48 bits per heavy atom. The van der Waals surface area contributed by atoms with Gasteiger partial charge in [0.25, 0.3) is 0 Å². The highest BCUT2D eigenvalue weighted by Gasteiger charge is 2.33. The molecule has 0 saturated heterocycles. The molecule has 158 valence electrons. The standard InChI is InChI=1S/C19H24F3N5O2/c1-23-18(27-12-13-6-7-15(28-2)16(11-13)29-3)26-10-9-25-17-14(19(20,21)22)5-4-8-24-17/h4-8,11H,9-10,12H2,1-3H3,(H,24,25)(H2,23,26,27). The lowest BCUT2D eigenvalue weighted by atomic mass is 10.2. The number of hydrogen-bond acceptors (Lipinski definition) is 5. The van der Waals surface area contributed by atoms with Gasteiger partial charge < -0.3 is 25.4 Å². The maximum absolute atomic E-state index is 13.0. The summed E-state index contributed by atoms with van der Waals surface area (Å²) in [6, 6.07) is 7.79. The van der Waals surface area contributed by atoms with Crippen molar-refractivity contribution in [1.29, 1.82) is 0 Å². The summed E-state index contributed by atoms with van der Waals surface area (Å²) in [5.74, 6) is 1.57. The van der Waals surface area contributed by atoms with Crippen molar-refractivity contribution >= 4 is 11.8 Å². The number of methoxy groups -OCH3 is 2. The molecule has 29 heavy (non-hydrogen) atoms. The van der Waals surface area contributed by atoms with E-state index in [2.05, 4.69) is 25.9 Å². The van der Waals surface area contributed by atoms with Gasteiger partial charge in [-0.25, -0.2) is 4.98 Å². The normalized spacial score (nSPS) is 11.7. The molecule has 3 N–H and O–H groups in total. The number of nitrogens with zero attached hydrogens (tertiary/aromatic N) is 2. The first-order chi connectivity index (χ1) is 13.9. The highest BCUT2D eigenvalue weighted by molar-refractivity contribution is 5.79. The second kappa shape index (κ2) is 10.4. The second-order valence-corrected chi connectivity index (χ2v) is 5.87. The Bertz CT molecular complexity index is 828. The zero-order chi connectivity index (χ0) is 21.3. The van der Waals surface area contributed by atoms with Crippen LogP contribution in [0.3, 0.4) is 0 Å². The molecule has 0 bridgehead atoms. The number of anilines is 1. The van der Waals surface area contributed by atoms with Gasteiger partial charge in [-0.2, -0.15) is 13.2 Å². The van der Waals surface area contributed by atoms with E-state index < -0.39 is 11.7 Å². The van der Waals surface area contributed by atoms with Gasteiger partial charge in [-0.3, -0.25) is 4.99 Å². The summed E-state index contributed by atoms with van der Waals surface area (Å²) in [5.41, 5.74) is 0.156. The van der Waals surface area contributed by atoms with E-state index in [9.17, 15) is 13.2 Å². The lowest BCUT2D eigenvalue weighted by molar-refractivity contribution is -0.137. The van der Waals surface area contributed by atoms with E-state index in [1.165, 1.54) is 12.3 Å². The first kappa shape index (κ1) is 22.1. The van der Waals surface area contributed by atoms with Crippen LogP contribution in [0.4, 0.5) is 19.0 Å². The van der Waals surface area contributed by atoms with Gasteiger partial charge in [0.2, 0.25) is 0 Å². The fourth-order valence-corrected chi connectivity index (χ4v) is 2.53. The minimum Gasteiger partial charge on any atom is -0.493 e. The Kier molecular flexibility index (Phi) is 7.93. The van der Waals surface area contributed by atoms with Crippen molar-refractivity contribution in [2.45, 2.75) is 12.7 Å². The molecule has 2 aromatic rings. The quantitative estimate of drug-likeness (QED) is 0.352. The van der Waals surface area contributed by atoms with E-state index in [1.54, 1.807) is 27.3 Å². The molecule has 7 nitrogen and oxygen atoms in total. The SMILES string of the molecule is CN=C(NCCNc1ncccc1C(F)(F)F)NCc1ccc(OC)c(OC)c1. The largest absolute Gasteiger partial charge is 0.493 e. The highest BCUT2D eigenvalue weighted by Crippen LogP contribution is 2.33. The average molecular weight is 411 g/mol. The Morgan fingerprint density at radius 1 is 1.07 bits per heavy atom. The number of nitrogens with one attached hydrogen (secondary N) is 3. The van der Waals surface area contributed by atoms with Gasteiger partial charge in [0.1, 0.15) is 5.82 Å². The lowest BCUT2D eigenvalue weighted by Gasteiger charge is -2.15. The topological polar surface area (TPSA) is 79.8 Å². The predicted molar refractivity (Wildman–Crippen MR) is 105 cm³/mol. The van der Waals surface area contributed by atoms with Crippen LogP contribution in [0.5, 0.6) is 11.5 Å². The third kappa shape index (κ3) is 6.44. The third-order valence-electron chi connectivity index (χ3n) is 3.95. The summed E-state index contributed by atoms with van der Waals surface area (Å²) < 4.78 is 49.4. The molecule has 0 aliphatic rings. The van der Waals surface area contributed by atoms with Crippen molar-refractivity contribution in [3.05, 3.63) is 47.7 Å². The summed E-state index contributed by atoms with van der Waals surface area (Å²) in [7, 11) is 4.74. The number of hydrogen-bond donors (Lipinski definition) is 3. The molecule has 1 heterocycles. The van der Waals surface area contributed by atoms with Crippen LogP contribution in [0.25, 0.3) is 0 Å². The molecule has 0 amide bonds. The minimum atomic E-state index is -4.46. The van der Waals surface area contributed by atoms with Crippen LogP contribution in [-0.2, 0) is 12.7 Å². The Hall–Kier alpha value is -3.17. The van der Waals surface area contributed by atoms with E-state index in [-0.39, 0.29) is 12.4 Å². The van der Waals surface area contributed by atoms with Gasteiger partial charge >= 0.3 is 6.18 Å². The second-order valence-electron chi connectivity index (χ2n) is 5.87. The predicted octanol–water partition coefficient (Wildman–Crippen LogP) is 2.89. The molecule has 1 aromatic heterocycles. The number of pyridine rings is 1. The van der Waals surface area contributed by atoms with E-state index >= 15 is 0 Å². The molecule has 0 fully saturated rings. The van der Waals surface area contributed by atoms with Gasteiger partial charge in [0.15, 0.2) is 17.5 Å². The highest BCUT2D eigenvalue weighted by atomic mass is 19.4. The molecular weight excluding hydrogens is 387 g/mol. The summed E-state index contributed by atoms with van der Waals surface area (Å²) in [5, 5.41) is 8.85. The molecule has 0 unspecified atom stereocenters. The summed E-state index contributed by atoms with van der Waals surface area (Å²) in [4.78, 5) is 7.86. The van der Waals surface area contributed by atoms with Crippen molar-refractivity contribution in [3.8, 4) is 11.5 Å². The number of alkyl halides is 3. The fraction of sp³-hybridized carbons (Fsp3) is 0.368. The summed E-state index contributed by atoms with van der Waals surface area (Å²) in [6.45, 7) is 1.06. The van der Waals surface area contributed by atoms with Crippen LogP contribution in [0.2, 0.25) is 0 Å². The van der Waals surface area contributed by atoms with Gasteiger partial charge in [0.05, 0.1) is 19.8 Å². The van der Waals surface area contributed by atoms with Gasteiger partial charge in [0, 0.05) is 32.9 Å². The minimum absolute atomic E-state index is 0.199. The molecule has 0 aliphatic carbocycles. The zero-order valence-corrected chi connectivity index (χ0v) is 16.4. The van der Waals surface area contributed by atoms with E-state index in [0.29, 0.717) is 30.5 Å². The third-order valence-corrected chi connectivity index (χ3v) is 3.95.